The summed E-state index contributed by atoms with van der Waals surface area (Å²) in [6.45, 7) is 7.92. The third-order valence-electron chi connectivity index (χ3n) is 5.06. The fraction of sp³-hybridized carbons (Fsp3) is 0.480. The molecule has 0 aromatic heterocycles. The molecule has 0 saturated carbocycles. The Morgan fingerprint density at radius 2 is 1.68 bits per heavy atom. The molecule has 6 nitrogen and oxygen atoms in total. The highest BCUT2D eigenvalue weighted by Gasteiger charge is 2.20. The van der Waals surface area contributed by atoms with Gasteiger partial charge in [0.25, 0.3) is 0 Å². The van der Waals surface area contributed by atoms with E-state index in [1.807, 2.05) is 63.2 Å². The van der Waals surface area contributed by atoms with E-state index in [1.165, 1.54) is 0 Å². The van der Waals surface area contributed by atoms with E-state index in [2.05, 4.69) is 10.6 Å². The molecule has 4 N–H and O–H groups in total. The van der Waals surface area contributed by atoms with Crippen molar-refractivity contribution < 1.29 is 14.4 Å². The summed E-state index contributed by atoms with van der Waals surface area (Å²) < 4.78 is 0. The van der Waals surface area contributed by atoms with E-state index < -0.39 is 5.92 Å². The highest BCUT2D eigenvalue weighted by molar-refractivity contribution is 5.88. The van der Waals surface area contributed by atoms with Crippen molar-refractivity contribution in [3.05, 3.63) is 48.0 Å². The number of hydrogen-bond donors (Lipinski definition) is 3. The topological polar surface area (TPSA) is 101 Å². The van der Waals surface area contributed by atoms with Crippen molar-refractivity contribution in [2.75, 3.05) is 0 Å². The first-order chi connectivity index (χ1) is 14.5. The number of nitrogens with one attached hydrogen (secondary N) is 2. The molecule has 2 aromatic rings. The lowest BCUT2D eigenvalue weighted by atomic mass is 9.97. The van der Waals surface area contributed by atoms with Crippen LogP contribution in [0.2, 0.25) is 0 Å². The second-order valence-corrected chi connectivity index (χ2v) is 9.30. The molecule has 0 fully saturated rings. The highest BCUT2D eigenvalue weighted by atomic mass is 16.2. The Hall–Kier alpha value is -2.73. The zero-order valence-electron chi connectivity index (χ0n) is 19.0. The largest absolute Gasteiger partial charge is 0.352 e. The molecule has 31 heavy (non-hydrogen) atoms. The molecule has 2 atom stereocenters. The Labute approximate surface area is 185 Å². The van der Waals surface area contributed by atoms with Crippen LogP contribution in [0.3, 0.4) is 0 Å². The number of fused-ring (bicyclic) bond motifs is 1. The van der Waals surface area contributed by atoms with Crippen LogP contribution in [-0.4, -0.2) is 29.2 Å². The van der Waals surface area contributed by atoms with E-state index in [-0.39, 0.29) is 48.4 Å². The van der Waals surface area contributed by atoms with Crippen molar-refractivity contribution >= 4 is 28.4 Å². The molecule has 0 bridgehead atoms. The minimum atomic E-state index is -0.432. The van der Waals surface area contributed by atoms with Gasteiger partial charge in [0, 0.05) is 43.3 Å². The van der Waals surface area contributed by atoms with Gasteiger partial charge in [-0.1, -0.05) is 49.4 Å². The van der Waals surface area contributed by atoms with Crippen molar-refractivity contribution in [3.8, 4) is 0 Å². The normalized spacial score (nSPS) is 13.5. The van der Waals surface area contributed by atoms with Crippen LogP contribution < -0.4 is 16.4 Å². The van der Waals surface area contributed by atoms with E-state index >= 15 is 0 Å². The third kappa shape index (κ3) is 8.50. The maximum absolute atomic E-state index is 12.5. The number of rotatable bonds is 10. The van der Waals surface area contributed by atoms with Crippen molar-refractivity contribution in [1.29, 1.82) is 0 Å². The van der Waals surface area contributed by atoms with Crippen LogP contribution in [0.1, 0.15) is 58.9 Å². The van der Waals surface area contributed by atoms with Crippen LogP contribution in [0.4, 0.5) is 0 Å². The number of ketones is 1. The Bertz CT molecular complexity index is 912. The van der Waals surface area contributed by atoms with Crippen LogP contribution in [0.5, 0.6) is 0 Å². The Balaban J connectivity index is 1.76. The summed E-state index contributed by atoms with van der Waals surface area (Å²) in [7, 11) is 0. The van der Waals surface area contributed by atoms with Gasteiger partial charge in [0.15, 0.2) is 0 Å². The molecule has 168 valence electrons. The molecule has 6 heteroatoms. The standard InChI is InChI=1S/C25H35N3O3/c1-17(14-21(29)15-20(26)12-13-23(30)28-25(2,3)4)24(31)27-16-19-10-7-9-18-8-5-6-11-22(18)19/h5-11,17,20H,12-16,26H2,1-4H3,(H,27,31)(H,28,30)/t17-,20+/m1/s1. The maximum Gasteiger partial charge on any atom is 0.223 e. The quantitative estimate of drug-likeness (QED) is 0.542. The minimum Gasteiger partial charge on any atom is -0.352 e. The fourth-order valence-electron chi connectivity index (χ4n) is 3.51. The van der Waals surface area contributed by atoms with Crippen molar-refractivity contribution in [2.45, 2.75) is 71.5 Å². The molecule has 0 spiro atoms. The average molecular weight is 426 g/mol. The molecule has 2 aromatic carbocycles. The number of hydrogen-bond acceptors (Lipinski definition) is 4. The molecule has 0 heterocycles. The van der Waals surface area contributed by atoms with E-state index in [1.54, 1.807) is 6.92 Å². The Kier molecular flexibility index (Phi) is 8.75. The molecular formula is C25H35N3O3. The molecule has 2 rings (SSSR count). The highest BCUT2D eigenvalue weighted by Crippen LogP contribution is 2.18. The smallest absolute Gasteiger partial charge is 0.223 e. The zero-order valence-corrected chi connectivity index (χ0v) is 19.0. The zero-order chi connectivity index (χ0) is 23.0. The monoisotopic (exact) mass is 425 g/mol. The van der Waals surface area contributed by atoms with Crippen LogP contribution >= 0.6 is 0 Å². The van der Waals surface area contributed by atoms with Crippen molar-refractivity contribution in [2.24, 2.45) is 11.7 Å². The van der Waals surface area contributed by atoms with E-state index in [0.717, 1.165) is 16.3 Å². The summed E-state index contributed by atoms with van der Waals surface area (Å²) in [6, 6.07) is 13.7. The first kappa shape index (κ1) is 24.5. The van der Waals surface area contributed by atoms with Crippen molar-refractivity contribution in [1.82, 2.24) is 10.6 Å². The van der Waals surface area contributed by atoms with E-state index in [4.69, 9.17) is 5.73 Å². The van der Waals surface area contributed by atoms with Gasteiger partial charge in [0.1, 0.15) is 5.78 Å². The van der Waals surface area contributed by atoms with Crippen LogP contribution in [0.25, 0.3) is 10.8 Å². The summed E-state index contributed by atoms with van der Waals surface area (Å²) >= 11 is 0. The fourth-order valence-corrected chi connectivity index (χ4v) is 3.51. The van der Waals surface area contributed by atoms with Crippen LogP contribution in [0.15, 0.2) is 42.5 Å². The minimum absolute atomic E-state index is 0.0588. The van der Waals surface area contributed by atoms with Gasteiger partial charge in [-0.2, -0.15) is 0 Å². The third-order valence-corrected chi connectivity index (χ3v) is 5.06. The predicted octanol–water partition coefficient (Wildman–Crippen LogP) is 3.46. The Morgan fingerprint density at radius 3 is 2.39 bits per heavy atom. The van der Waals surface area contributed by atoms with Gasteiger partial charge >= 0.3 is 0 Å². The van der Waals surface area contributed by atoms with Gasteiger partial charge in [-0.05, 0) is 43.5 Å². The van der Waals surface area contributed by atoms with Gasteiger partial charge in [0.05, 0.1) is 0 Å². The predicted molar refractivity (Wildman–Crippen MR) is 124 cm³/mol. The number of nitrogens with two attached hydrogens (primary N) is 1. The lowest BCUT2D eigenvalue weighted by Crippen LogP contribution is -2.41. The molecule has 0 aliphatic carbocycles. The molecule has 0 aliphatic heterocycles. The second kappa shape index (κ2) is 11.0. The average Bonchev–Trinajstić information content (AvgIpc) is 2.69. The molecular weight excluding hydrogens is 390 g/mol. The van der Waals surface area contributed by atoms with Gasteiger partial charge in [-0.3, -0.25) is 14.4 Å². The van der Waals surface area contributed by atoms with Crippen LogP contribution in [0, 0.1) is 5.92 Å². The van der Waals surface area contributed by atoms with E-state index in [0.29, 0.717) is 13.0 Å². The summed E-state index contributed by atoms with van der Waals surface area (Å²) in [4.78, 5) is 36.7. The van der Waals surface area contributed by atoms with Gasteiger partial charge in [-0.25, -0.2) is 0 Å². The molecule has 0 unspecified atom stereocenters. The number of carbonyl (C=O) groups excluding carboxylic acids is 3. The van der Waals surface area contributed by atoms with Crippen molar-refractivity contribution in [3.63, 3.8) is 0 Å². The number of benzene rings is 2. The Morgan fingerprint density at radius 1 is 1.00 bits per heavy atom. The molecule has 0 aliphatic rings. The maximum atomic E-state index is 12.5. The number of Topliss-reactive ketones (excluding diaryl/α,β-unsaturated/α-hetero) is 1. The van der Waals surface area contributed by atoms with Gasteiger partial charge < -0.3 is 16.4 Å². The first-order valence-corrected chi connectivity index (χ1v) is 10.9. The molecule has 0 saturated heterocycles. The van der Waals surface area contributed by atoms with Crippen LogP contribution in [-0.2, 0) is 20.9 Å². The first-order valence-electron chi connectivity index (χ1n) is 10.9. The van der Waals surface area contributed by atoms with E-state index in [9.17, 15) is 14.4 Å². The molecule has 2 amide bonds. The summed E-state index contributed by atoms with van der Waals surface area (Å²) in [5.41, 5.74) is 6.78. The lowest BCUT2D eigenvalue weighted by Gasteiger charge is -2.21. The summed E-state index contributed by atoms with van der Waals surface area (Å²) in [5, 5.41) is 8.05. The second-order valence-electron chi connectivity index (χ2n) is 9.30. The number of carbonyl (C=O) groups is 3. The summed E-state index contributed by atoms with van der Waals surface area (Å²) in [5.74, 6) is -0.716. The summed E-state index contributed by atoms with van der Waals surface area (Å²) in [6.07, 6.45) is 1.04. The molecule has 0 radical (unpaired) electrons. The SMILES string of the molecule is C[C@H](CC(=O)C[C@@H](N)CCC(=O)NC(C)(C)C)C(=O)NCc1cccc2ccccc12. The number of amides is 2. The lowest BCUT2D eigenvalue weighted by molar-refractivity contribution is -0.129. The van der Waals surface area contributed by atoms with Gasteiger partial charge in [0.2, 0.25) is 11.8 Å². The van der Waals surface area contributed by atoms with Gasteiger partial charge in [-0.15, -0.1) is 0 Å².